The predicted molar refractivity (Wildman–Crippen MR) is 176 cm³/mol. The lowest BCUT2D eigenvalue weighted by atomic mass is 9.97. The molecule has 0 spiro atoms. The van der Waals surface area contributed by atoms with Gasteiger partial charge in [-0.1, -0.05) is 167 Å². The van der Waals surface area contributed by atoms with Gasteiger partial charge in [-0.15, -0.1) is 0 Å². The Kier molecular flexibility index (Phi) is 32.1. The molecule has 1 unspecified atom stereocenters. The Morgan fingerprint density at radius 1 is 0.537 bits per heavy atom. The summed E-state index contributed by atoms with van der Waals surface area (Å²) in [6.45, 7) is 4.62. The highest BCUT2D eigenvalue weighted by atomic mass is 16.5. The second-order valence-electron chi connectivity index (χ2n) is 12.4. The fraction of sp³-hybridized carbons (Fsp3) is 0.892. The average molecular weight is 579 g/mol. The monoisotopic (exact) mass is 579 g/mol. The van der Waals surface area contributed by atoms with Crippen LogP contribution in [0, 0.1) is 5.92 Å². The molecule has 0 radical (unpaired) electrons. The van der Waals surface area contributed by atoms with Crippen molar-refractivity contribution < 1.29 is 19.4 Å². The summed E-state index contributed by atoms with van der Waals surface area (Å²) in [6, 6.07) is 0. The summed E-state index contributed by atoms with van der Waals surface area (Å²) in [4.78, 5) is 23.1. The van der Waals surface area contributed by atoms with Gasteiger partial charge in [-0.2, -0.15) is 0 Å². The van der Waals surface area contributed by atoms with Gasteiger partial charge in [-0.05, 0) is 38.5 Å². The molecule has 41 heavy (non-hydrogen) atoms. The van der Waals surface area contributed by atoms with E-state index >= 15 is 0 Å². The van der Waals surface area contributed by atoms with Crippen molar-refractivity contribution in [1.29, 1.82) is 0 Å². The average Bonchev–Trinajstić information content (AvgIpc) is 2.96. The maximum Gasteiger partial charge on any atom is 0.309 e. The molecule has 0 aromatic rings. The maximum absolute atomic E-state index is 12.0. The normalized spacial score (nSPS) is 12.2. The number of rotatable bonds is 33. The van der Waals surface area contributed by atoms with Crippen molar-refractivity contribution in [3.05, 3.63) is 12.2 Å². The summed E-state index contributed by atoms with van der Waals surface area (Å²) in [7, 11) is 0. The van der Waals surface area contributed by atoms with E-state index in [-0.39, 0.29) is 12.4 Å². The zero-order valence-corrected chi connectivity index (χ0v) is 27.6. The molecule has 4 heteroatoms. The van der Waals surface area contributed by atoms with E-state index in [1.54, 1.807) is 0 Å². The molecular formula is C37H70O4. The fourth-order valence-electron chi connectivity index (χ4n) is 5.59. The number of carbonyl (C=O) groups excluding carboxylic acids is 1. The van der Waals surface area contributed by atoms with Crippen molar-refractivity contribution >= 4 is 11.9 Å². The van der Waals surface area contributed by atoms with Gasteiger partial charge in [0.25, 0.3) is 0 Å². The molecule has 0 saturated heterocycles. The van der Waals surface area contributed by atoms with Gasteiger partial charge in [-0.25, -0.2) is 0 Å². The third-order valence-electron chi connectivity index (χ3n) is 8.27. The number of ether oxygens (including phenoxy) is 1. The van der Waals surface area contributed by atoms with Crippen molar-refractivity contribution in [2.24, 2.45) is 5.92 Å². The molecule has 0 aliphatic rings. The summed E-state index contributed by atoms with van der Waals surface area (Å²) in [5.41, 5.74) is 0. The first kappa shape index (κ1) is 39.7. The molecule has 1 atom stereocenters. The molecule has 0 rings (SSSR count). The van der Waals surface area contributed by atoms with Gasteiger partial charge in [0.15, 0.2) is 0 Å². The molecule has 0 aliphatic heterocycles. The minimum absolute atomic E-state index is 0.113. The molecule has 242 valence electrons. The molecule has 0 bridgehead atoms. The highest BCUT2D eigenvalue weighted by molar-refractivity contribution is 5.79. The Bertz CT molecular complexity index is 585. The lowest BCUT2D eigenvalue weighted by molar-refractivity contribution is -0.153. The Morgan fingerprint density at radius 3 is 1.27 bits per heavy atom. The van der Waals surface area contributed by atoms with E-state index in [0.29, 0.717) is 13.0 Å². The summed E-state index contributed by atoms with van der Waals surface area (Å²) in [6.07, 6.45) is 41.0. The van der Waals surface area contributed by atoms with Crippen molar-refractivity contribution in [2.75, 3.05) is 6.61 Å². The number of carbonyl (C=O) groups is 2. The smallest absolute Gasteiger partial charge is 0.309 e. The molecule has 0 heterocycles. The lowest BCUT2D eigenvalue weighted by Gasteiger charge is -2.13. The van der Waals surface area contributed by atoms with Crippen LogP contribution in [0.1, 0.15) is 200 Å². The van der Waals surface area contributed by atoms with Crippen molar-refractivity contribution in [3.63, 3.8) is 0 Å². The summed E-state index contributed by atoms with van der Waals surface area (Å²) in [5.74, 6) is -1.74. The summed E-state index contributed by atoms with van der Waals surface area (Å²) >= 11 is 0. The molecule has 0 aromatic heterocycles. The first-order valence-corrected chi connectivity index (χ1v) is 18.1. The number of allylic oxidation sites excluding steroid dienone is 2. The van der Waals surface area contributed by atoms with E-state index in [4.69, 9.17) is 9.84 Å². The second-order valence-corrected chi connectivity index (χ2v) is 12.4. The third-order valence-corrected chi connectivity index (χ3v) is 8.27. The van der Waals surface area contributed by atoms with Crippen molar-refractivity contribution in [1.82, 2.24) is 0 Å². The SMILES string of the molecule is CCCCCCCCCCCCCCC/C=C/CCCCCCCCCCCCCC(CC(=O)O)C(=O)OCCC. The van der Waals surface area contributed by atoms with E-state index in [9.17, 15) is 9.59 Å². The molecule has 0 aromatic carbocycles. The highest BCUT2D eigenvalue weighted by Gasteiger charge is 2.22. The molecule has 1 N–H and O–H groups in total. The van der Waals surface area contributed by atoms with E-state index in [1.165, 1.54) is 154 Å². The zero-order chi connectivity index (χ0) is 30.1. The van der Waals surface area contributed by atoms with Gasteiger partial charge in [0.05, 0.1) is 18.9 Å². The number of carboxylic acid groups (broad SMARTS) is 1. The van der Waals surface area contributed by atoms with Crippen molar-refractivity contribution in [2.45, 2.75) is 200 Å². The lowest BCUT2D eigenvalue weighted by Crippen LogP contribution is -2.21. The van der Waals surface area contributed by atoms with Gasteiger partial charge in [0.2, 0.25) is 0 Å². The zero-order valence-electron chi connectivity index (χ0n) is 27.6. The van der Waals surface area contributed by atoms with Crippen LogP contribution in [0.5, 0.6) is 0 Å². The molecule has 0 aliphatic carbocycles. The molecule has 4 nitrogen and oxygen atoms in total. The Hall–Kier alpha value is -1.32. The maximum atomic E-state index is 12.0. The van der Waals surface area contributed by atoms with E-state index in [2.05, 4.69) is 19.1 Å². The van der Waals surface area contributed by atoms with Gasteiger partial charge < -0.3 is 9.84 Å². The Balaban J connectivity index is 3.34. The topological polar surface area (TPSA) is 63.6 Å². The van der Waals surface area contributed by atoms with Crippen LogP contribution in [-0.4, -0.2) is 23.7 Å². The number of hydrogen-bond acceptors (Lipinski definition) is 3. The van der Waals surface area contributed by atoms with Crippen LogP contribution in [0.25, 0.3) is 0 Å². The molecular weight excluding hydrogens is 508 g/mol. The largest absolute Gasteiger partial charge is 0.481 e. The number of carboxylic acids is 1. The van der Waals surface area contributed by atoms with Crippen LogP contribution in [0.4, 0.5) is 0 Å². The minimum Gasteiger partial charge on any atom is -0.481 e. The summed E-state index contributed by atoms with van der Waals surface area (Å²) in [5, 5.41) is 9.05. The van der Waals surface area contributed by atoms with E-state index < -0.39 is 11.9 Å². The second kappa shape index (κ2) is 33.2. The van der Waals surface area contributed by atoms with Crippen LogP contribution < -0.4 is 0 Å². The van der Waals surface area contributed by atoms with Crippen LogP contribution in [0.2, 0.25) is 0 Å². The molecule has 0 fully saturated rings. The number of unbranched alkanes of at least 4 members (excludes halogenated alkanes) is 24. The Morgan fingerprint density at radius 2 is 0.902 bits per heavy atom. The van der Waals surface area contributed by atoms with Crippen LogP contribution in [0.15, 0.2) is 12.2 Å². The van der Waals surface area contributed by atoms with Crippen molar-refractivity contribution in [3.8, 4) is 0 Å². The third kappa shape index (κ3) is 31.4. The number of esters is 1. The molecule has 0 amide bonds. The number of hydrogen-bond donors (Lipinski definition) is 1. The summed E-state index contributed by atoms with van der Waals surface area (Å²) < 4.78 is 5.16. The first-order chi connectivity index (χ1) is 20.1. The first-order valence-electron chi connectivity index (χ1n) is 18.1. The van der Waals surface area contributed by atoms with Gasteiger partial charge in [0.1, 0.15) is 0 Å². The highest BCUT2D eigenvalue weighted by Crippen LogP contribution is 2.18. The predicted octanol–water partition coefficient (Wildman–Crippen LogP) is 12.1. The van der Waals surface area contributed by atoms with Crippen LogP contribution >= 0.6 is 0 Å². The molecule has 0 saturated carbocycles. The number of aliphatic carboxylic acids is 1. The van der Waals surface area contributed by atoms with E-state index in [1.807, 2.05) is 6.92 Å². The standard InChI is InChI=1S/C37H70O4/c1-3-5-6-7-8-9-10-11-12-13-14-15-16-17-18-19-20-21-22-23-24-25-26-27-28-29-30-31-32-35(34-36(38)39)37(40)41-33-4-2/h18-19,35H,3-17,20-34H2,1-2H3,(H,38,39)/b19-18+. The quantitative estimate of drug-likeness (QED) is 0.0478. The minimum atomic E-state index is -0.917. The van der Waals surface area contributed by atoms with Gasteiger partial charge in [0, 0.05) is 0 Å². The van der Waals surface area contributed by atoms with E-state index in [0.717, 1.165) is 19.3 Å². The Labute approximate surface area is 255 Å². The van der Waals surface area contributed by atoms with Crippen LogP contribution in [0.3, 0.4) is 0 Å². The van der Waals surface area contributed by atoms with Gasteiger partial charge >= 0.3 is 11.9 Å². The van der Waals surface area contributed by atoms with Crippen LogP contribution in [-0.2, 0) is 14.3 Å². The fourth-order valence-corrected chi connectivity index (χ4v) is 5.59. The van der Waals surface area contributed by atoms with Gasteiger partial charge in [-0.3, -0.25) is 9.59 Å².